The van der Waals surface area contributed by atoms with Crippen LogP contribution in [-0.2, 0) is 9.84 Å². The summed E-state index contributed by atoms with van der Waals surface area (Å²) < 4.78 is 22.9. The Hall–Kier alpha value is -1.07. The van der Waals surface area contributed by atoms with E-state index in [-0.39, 0.29) is 12.5 Å². The molecule has 1 aliphatic rings. The molecule has 1 heterocycles. The minimum atomic E-state index is -3.07. The second-order valence-corrected chi connectivity index (χ2v) is 7.26. The number of halogens is 1. The molecule has 0 N–H and O–H groups in total. The van der Waals surface area contributed by atoms with E-state index < -0.39 is 15.1 Å². The summed E-state index contributed by atoms with van der Waals surface area (Å²) in [6.45, 7) is 0.763. The first kappa shape index (κ1) is 13.4. The molecule has 0 saturated carbocycles. The minimum absolute atomic E-state index is 0.141. The Bertz CT molecular complexity index is 553. The predicted molar refractivity (Wildman–Crippen MR) is 70.6 cm³/mol. The number of likely N-dealkylation sites (tertiary alicyclic amines) is 1. The van der Waals surface area contributed by atoms with Crippen LogP contribution in [0.25, 0.3) is 0 Å². The number of benzene rings is 1. The predicted octanol–water partition coefficient (Wildman–Crippen LogP) is 1.60. The van der Waals surface area contributed by atoms with Crippen LogP contribution in [-0.4, -0.2) is 43.8 Å². The lowest BCUT2D eigenvalue weighted by molar-refractivity contribution is 0.0793. The SMILES string of the molecule is CS(=O)(=O)[C@@H]1CCN(C(=O)c2ccc(Cl)cc2)C1. The van der Waals surface area contributed by atoms with Gasteiger partial charge in [-0.25, -0.2) is 8.42 Å². The van der Waals surface area contributed by atoms with Crippen LogP contribution < -0.4 is 0 Å². The second-order valence-electron chi connectivity index (χ2n) is 4.50. The van der Waals surface area contributed by atoms with Crippen molar-refractivity contribution in [2.24, 2.45) is 0 Å². The second kappa shape index (κ2) is 4.90. The number of nitrogens with zero attached hydrogens (tertiary/aromatic N) is 1. The molecule has 0 radical (unpaired) electrons. The van der Waals surface area contributed by atoms with E-state index in [4.69, 9.17) is 11.6 Å². The van der Waals surface area contributed by atoms with Gasteiger partial charge in [0.15, 0.2) is 9.84 Å². The van der Waals surface area contributed by atoms with Gasteiger partial charge in [-0.1, -0.05) is 11.6 Å². The van der Waals surface area contributed by atoms with E-state index in [1.54, 1.807) is 29.2 Å². The van der Waals surface area contributed by atoms with E-state index in [1.807, 2.05) is 0 Å². The summed E-state index contributed by atoms with van der Waals surface area (Å²) in [5.74, 6) is -0.141. The number of sulfone groups is 1. The number of hydrogen-bond acceptors (Lipinski definition) is 3. The molecule has 0 aliphatic carbocycles. The summed E-state index contributed by atoms with van der Waals surface area (Å²) in [4.78, 5) is 13.7. The van der Waals surface area contributed by atoms with Crippen molar-refractivity contribution in [3.63, 3.8) is 0 Å². The van der Waals surface area contributed by atoms with Crippen molar-refractivity contribution < 1.29 is 13.2 Å². The quantitative estimate of drug-likeness (QED) is 0.830. The monoisotopic (exact) mass is 287 g/mol. The van der Waals surface area contributed by atoms with Gasteiger partial charge in [-0.15, -0.1) is 0 Å². The van der Waals surface area contributed by atoms with Crippen molar-refractivity contribution in [1.29, 1.82) is 0 Å². The Labute approximate surface area is 111 Å². The Morgan fingerprint density at radius 2 is 1.94 bits per heavy atom. The first-order valence-corrected chi connectivity index (χ1v) is 7.95. The normalized spacial score (nSPS) is 20.1. The fourth-order valence-electron chi connectivity index (χ4n) is 2.04. The molecule has 1 aliphatic heterocycles. The third-order valence-electron chi connectivity index (χ3n) is 3.13. The van der Waals surface area contributed by atoms with Crippen LogP contribution in [0.2, 0.25) is 5.02 Å². The molecule has 0 aromatic heterocycles. The van der Waals surface area contributed by atoms with Gasteiger partial charge in [0.1, 0.15) is 0 Å². The van der Waals surface area contributed by atoms with Gasteiger partial charge in [-0.2, -0.15) is 0 Å². The van der Waals surface area contributed by atoms with Gasteiger partial charge in [0, 0.05) is 29.9 Å². The molecule has 4 nitrogen and oxygen atoms in total. The molecule has 2 rings (SSSR count). The zero-order valence-corrected chi connectivity index (χ0v) is 11.5. The fraction of sp³-hybridized carbons (Fsp3) is 0.417. The molecule has 0 bridgehead atoms. The van der Waals surface area contributed by atoms with E-state index >= 15 is 0 Å². The van der Waals surface area contributed by atoms with Gasteiger partial charge < -0.3 is 4.90 Å². The topological polar surface area (TPSA) is 54.5 Å². The first-order chi connectivity index (χ1) is 8.38. The van der Waals surface area contributed by atoms with Gasteiger partial charge in [0.05, 0.1) is 5.25 Å². The number of carbonyl (C=O) groups is 1. The fourth-order valence-corrected chi connectivity index (χ4v) is 3.15. The molecule has 1 fully saturated rings. The highest BCUT2D eigenvalue weighted by atomic mass is 35.5. The lowest BCUT2D eigenvalue weighted by atomic mass is 10.2. The Morgan fingerprint density at radius 3 is 2.44 bits per heavy atom. The highest BCUT2D eigenvalue weighted by Gasteiger charge is 2.32. The van der Waals surface area contributed by atoms with Gasteiger partial charge in [-0.05, 0) is 30.7 Å². The lowest BCUT2D eigenvalue weighted by Gasteiger charge is -2.16. The van der Waals surface area contributed by atoms with Gasteiger partial charge in [0.25, 0.3) is 5.91 Å². The summed E-state index contributed by atoms with van der Waals surface area (Å²) in [6.07, 6.45) is 1.73. The standard InChI is InChI=1S/C12H14ClNO3S/c1-18(16,17)11-6-7-14(8-11)12(15)9-2-4-10(13)5-3-9/h2-5,11H,6-8H2,1H3/t11-/m1/s1. The van der Waals surface area contributed by atoms with E-state index in [0.717, 1.165) is 0 Å². The average molecular weight is 288 g/mol. The molecule has 0 spiro atoms. The molecule has 1 amide bonds. The third-order valence-corrected chi connectivity index (χ3v) is 4.98. The molecule has 1 aromatic rings. The number of amides is 1. The first-order valence-electron chi connectivity index (χ1n) is 5.61. The van der Waals surface area contributed by atoms with Crippen LogP contribution in [0.3, 0.4) is 0 Å². The van der Waals surface area contributed by atoms with Crippen LogP contribution in [0.5, 0.6) is 0 Å². The van der Waals surface area contributed by atoms with E-state index in [0.29, 0.717) is 23.6 Å². The summed E-state index contributed by atoms with van der Waals surface area (Å²) in [5.41, 5.74) is 0.536. The zero-order valence-electron chi connectivity index (χ0n) is 9.97. The molecule has 6 heteroatoms. The maximum Gasteiger partial charge on any atom is 0.253 e. The molecule has 0 unspecified atom stereocenters. The van der Waals surface area contributed by atoms with Gasteiger partial charge in [0.2, 0.25) is 0 Å². The molecule has 1 atom stereocenters. The summed E-state index contributed by atoms with van der Waals surface area (Å²) in [7, 11) is -3.07. The van der Waals surface area contributed by atoms with Crippen molar-refractivity contribution in [2.75, 3.05) is 19.3 Å². The Balaban J connectivity index is 2.10. The van der Waals surface area contributed by atoms with E-state index in [1.165, 1.54) is 6.26 Å². The Kier molecular flexibility index (Phi) is 3.64. The van der Waals surface area contributed by atoms with Gasteiger partial charge in [-0.3, -0.25) is 4.79 Å². The molecular weight excluding hydrogens is 274 g/mol. The summed E-state index contributed by atoms with van der Waals surface area (Å²) in [6, 6.07) is 6.61. The van der Waals surface area contributed by atoms with Crippen LogP contribution >= 0.6 is 11.6 Å². The smallest absolute Gasteiger partial charge is 0.253 e. The third kappa shape index (κ3) is 2.84. The van der Waals surface area contributed by atoms with Crippen molar-refractivity contribution in [1.82, 2.24) is 4.90 Å². The molecule has 1 aromatic carbocycles. The molecule has 18 heavy (non-hydrogen) atoms. The Morgan fingerprint density at radius 1 is 1.33 bits per heavy atom. The average Bonchev–Trinajstić information content (AvgIpc) is 2.78. The van der Waals surface area contributed by atoms with Gasteiger partial charge >= 0.3 is 0 Å². The van der Waals surface area contributed by atoms with Crippen LogP contribution in [0.15, 0.2) is 24.3 Å². The van der Waals surface area contributed by atoms with E-state index in [9.17, 15) is 13.2 Å². The minimum Gasteiger partial charge on any atom is -0.337 e. The van der Waals surface area contributed by atoms with Crippen LogP contribution in [0.1, 0.15) is 16.8 Å². The molecular formula is C12H14ClNO3S. The van der Waals surface area contributed by atoms with E-state index in [2.05, 4.69) is 0 Å². The van der Waals surface area contributed by atoms with Crippen molar-refractivity contribution in [3.8, 4) is 0 Å². The van der Waals surface area contributed by atoms with Crippen molar-refractivity contribution in [2.45, 2.75) is 11.7 Å². The van der Waals surface area contributed by atoms with Crippen LogP contribution in [0, 0.1) is 0 Å². The highest BCUT2D eigenvalue weighted by molar-refractivity contribution is 7.91. The number of rotatable bonds is 2. The molecule has 1 saturated heterocycles. The summed E-state index contributed by atoms with van der Waals surface area (Å²) in [5, 5.41) is 0.135. The number of hydrogen-bond donors (Lipinski definition) is 0. The van der Waals surface area contributed by atoms with Crippen molar-refractivity contribution in [3.05, 3.63) is 34.9 Å². The van der Waals surface area contributed by atoms with Crippen LogP contribution in [0.4, 0.5) is 0 Å². The lowest BCUT2D eigenvalue weighted by Crippen LogP contribution is -2.31. The summed E-state index contributed by atoms with van der Waals surface area (Å²) >= 11 is 5.75. The maximum atomic E-state index is 12.1. The number of carbonyl (C=O) groups excluding carboxylic acids is 1. The largest absolute Gasteiger partial charge is 0.337 e. The van der Waals surface area contributed by atoms with Crippen molar-refractivity contribution >= 4 is 27.3 Å². The zero-order chi connectivity index (χ0) is 13.3. The highest BCUT2D eigenvalue weighted by Crippen LogP contribution is 2.19. The molecule has 98 valence electrons. The maximum absolute atomic E-state index is 12.1.